The van der Waals surface area contributed by atoms with Crippen molar-refractivity contribution in [3.05, 3.63) is 47.8 Å². The van der Waals surface area contributed by atoms with E-state index in [2.05, 4.69) is 26.7 Å². The second-order valence-electron chi connectivity index (χ2n) is 7.32. The molecule has 1 aromatic carbocycles. The Morgan fingerprint density at radius 3 is 3.07 bits per heavy atom. The van der Waals surface area contributed by atoms with Crippen LogP contribution in [0.3, 0.4) is 0 Å². The van der Waals surface area contributed by atoms with Gasteiger partial charge in [-0.1, -0.05) is 17.7 Å². The minimum absolute atomic E-state index is 0.125. The van der Waals surface area contributed by atoms with Crippen molar-refractivity contribution in [1.82, 2.24) is 25.1 Å². The smallest absolute Gasteiger partial charge is 0.258 e. The zero-order valence-electron chi connectivity index (χ0n) is 15.5. The molecule has 0 fully saturated rings. The number of rotatable bonds is 4. The molecular formula is C19H21N5O3. The summed E-state index contributed by atoms with van der Waals surface area (Å²) >= 11 is 0. The van der Waals surface area contributed by atoms with Gasteiger partial charge >= 0.3 is 0 Å². The van der Waals surface area contributed by atoms with Crippen LogP contribution in [0.1, 0.15) is 37.4 Å². The van der Waals surface area contributed by atoms with E-state index in [-0.39, 0.29) is 24.2 Å². The number of aryl methyl sites for hydroxylation is 1. The van der Waals surface area contributed by atoms with Crippen LogP contribution in [0.25, 0.3) is 5.65 Å². The lowest BCUT2D eigenvalue weighted by molar-refractivity contribution is -0.124. The van der Waals surface area contributed by atoms with Gasteiger partial charge in [0, 0.05) is 18.1 Å². The Hall–Kier alpha value is -3.16. The van der Waals surface area contributed by atoms with Crippen LogP contribution in [0.2, 0.25) is 0 Å². The van der Waals surface area contributed by atoms with Crippen LogP contribution in [-0.4, -0.2) is 37.9 Å². The maximum Gasteiger partial charge on any atom is 0.258 e. The number of carbonyl (C=O) groups excluding carboxylic acids is 1. The minimum atomic E-state index is -0.359. The molecule has 1 amide bonds. The van der Waals surface area contributed by atoms with E-state index in [9.17, 15) is 4.79 Å². The Balaban J connectivity index is 1.45. The summed E-state index contributed by atoms with van der Waals surface area (Å²) in [7, 11) is 0. The molecule has 27 heavy (non-hydrogen) atoms. The maximum atomic E-state index is 12.5. The van der Waals surface area contributed by atoms with E-state index >= 15 is 0 Å². The summed E-state index contributed by atoms with van der Waals surface area (Å²) in [4.78, 5) is 12.5. The van der Waals surface area contributed by atoms with Gasteiger partial charge in [0.25, 0.3) is 5.91 Å². The molecule has 1 atom stereocenters. The first-order valence-electron chi connectivity index (χ1n) is 8.78. The predicted molar refractivity (Wildman–Crippen MR) is 97.7 cm³/mol. The largest absolute Gasteiger partial charge is 0.487 e. The van der Waals surface area contributed by atoms with Gasteiger partial charge in [0.1, 0.15) is 17.7 Å². The highest BCUT2D eigenvalue weighted by molar-refractivity contribution is 5.78. The second-order valence-corrected chi connectivity index (χ2v) is 7.32. The number of fused-ring (bicyclic) bond motifs is 2. The molecule has 1 aliphatic rings. The highest BCUT2D eigenvalue weighted by Crippen LogP contribution is 2.39. The molecule has 0 saturated heterocycles. The van der Waals surface area contributed by atoms with Crippen molar-refractivity contribution in [3.63, 3.8) is 0 Å². The SMILES string of the molecule is Cc1ccc2c(c1)C(NC(=O)COc1ccc3nncn3n1)CC(C)(C)O2. The third-order valence-electron chi connectivity index (χ3n) is 4.45. The van der Waals surface area contributed by atoms with Crippen molar-refractivity contribution in [2.24, 2.45) is 0 Å². The molecule has 8 heteroatoms. The Bertz CT molecular complexity index is 998. The highest BCUT2D eigenvalue weighted by atomic mass is 16.5. The van der Waals surface area contributed by atoms with E-state index < -0.39 is 0 Å². The minimum Gasteiger partial charge on any atom is -0.487 e. The third kappa shape index (κ3) is 3.69. The molecule has 4 rings (SSSR count). The number of amides is 1. The Labute approximate surface area is 156 Å². The monoisotopic (exact) mass is 367 g/mol. The number of nitrogens with one attached hydrogen (secondary N) is 1. The van der Waals surface area contributed by atoms with Crippen LogP contribution in [0.15, 0.2) is 36.7 Å². The Kier molecular flexibility index (Phi) is 4.18. The van der Waals surface area contributed by atoms with E-state index in [0.29, 0.717) is 17.9 Å². The quantitative estimate of drug-likeness (QED) is 0.760. The molecule has 140 valence electrons. The van der Waals surface area contributed by atoms with Gasteiger partial charge in [-0.15, -0.1) is 15.3 Å². The fraction of sp³-hybridized carbons (Fsp3) is 0.368. The number of carbonyl (C=O) groups is 1. The van der Waals surface area contributed by atoms with Crippen LogP contribution in [-0.2, 0) is 4.79 Å². The normalized spacial score (nSPS) is 17.8. The number of benzene rings is 1. The number of hydrogen-bond donors (Lipinski definition) is 1. The highest BCUT2D eigenvalue weighted by Gasteiger charge is 2.34. The van der Waals surface area contributed by atoms with Crippen molar-refractivity contribution in [2.45, 2.75) is 38.8 Å². The zero-order valence-corrected chi connectivity index (χ0v) is 15.5. The van der Waals surface area contributed by atoms with Crippen molar-refractivity contribution in [2.75, 3.05) is 6.61 Å². The van der Waals surface area contributed by atoms with Gasteiger partial charge in [-0.3, -0.25) is 4.79 Å². The molecule has 0 radical (unpaired) electrons. The number of hydrogen-bond acceptors (Lipinski definition) is 6. The second kappa shape index (κ2) is 6.53. The van der Waals surface area contributed by atoms with Crippen molar-refractivity contribution in [3.8, 4) is 11.6 Å². The first-order chi connectivity index (χ1) is 12.9. The van der Waals surface area contributed by atoms with Gasteiger partial charge in [0.15, 0.2) is 12.3 Å². The van der Waals surface area contributed by atoms with Crippen molar-refractivity contribution < 1.29 is 14.3 Å². The first-order valence-corrected chi connectivity index (χ1v) is 8.78. The molecule has 0 aliphatic carbocycles. The fourth-order valence-corrected chi connectivity index (χ4v) is 3.27. The standard InChI is InChI=1S/C19H21N5O3/c1-12-4-5-15-13(8-12)14(9-19(2,3)27-15)21-17(25)10-26-18-7-6-16-22-20-11-24(16)23-18/h4-8,11,14H,9-10H2,1-3H3,(H,21,25). The topological polar surface area (TPSA) is 90.6 Å². The number of ether oxygens (including phenoxy) is 2. The predicted octanol–water partition coefficient (Wildman–Crippen LogP) is 2.23. The zero-order chi connectivity index (χ0) is 19.0. The average molecular weight is 367 g/mol. The lowest BCUT2D eigenvalue weighted by Gasteiger charge is -2.38. The summed E-state index contributed by atoms with van der Waals surface area (Å²) in [5.41, 5.74) is 2.37. The van der Waals surface area contributed by atoms with E-state index in [1.165, 1.54) is 10.8 Å². The van der Waals surface area contributed by atoms with E-state index in [1.54, 1.807) is 12.1 Å². The Morgan fingerprint density at radius 1 is 1.37 bits per heavy atom. The van der Waals surface area contributed by atoms with Crippen LogP contribution in [0.4, 0.5) is 0 Å². The van der Waals surface area contributed by atoms with E-state index in [1.807, 2.05) is 32.9 Å². The summed E-state index contributed by atoms with van der Waals surface area (Å²) < 4.78 is 13.1. The summed E-state index contributed by atoms with van der Waals surface area (Å²) in [6.07, 6.45) is 2.16. The van der Waals surface area contributed by atoms with Crippen LogP contribution >= 0.6 is 0 Å². The summed E-state index contributed by atoms with van der Waals surface area (Å²) in [5.74, 6) is 0.930. The van der Waals surface area contributed by atoms with Crippen molar-refractivity contribution in [1.29, 1.82) is 0 Å². The van der Waals surface area contributed by atoms with Gasteiger partial charge in [0.05, 0.1) is 6.04 Å². The maximum absolute atomic E-state index is 12.5. The molecule has 3 aromatic rings. The van der Waals surface area contributed by atoms with E-state index in [4.69, 9.17) is 9.47 Å². The van der Waals surface area contributed by atoms with Crippen LogP contribution in [0, 0.1) is 6.92 Å². The molecule has 0 bridgehead atoms. The average Bonchev–Trinajstić information content (AvgIpc) is 3.08. The lowest BCUT2D eigenvalue weighted by atomic mass is 9.89. The molecule has 2 aromatic heterocycles. The Morgan fingerprint density at radius 2 is 2.22 bits per heavy atom. The van der Waals surface area contributed by atoms with Crippen LogP contribution in [0.5, 0.6) is 11.6 Å². The van der Waals surface area contributed by atoms with E-state index in [0.717, 1.165) is 16.9 Å². The summed E-state index contributed by atoms with van der Waals surface area (Å²) in [6, 6.07) is 9.28. The summed E-state index contributed by atoms with van der Waals surface area (Å²) in [5, 5.41) is 14.9. The molecule has 1 unspecified atom stereocenters. The molecule has 0 saturated carbocycles. The van der Waals surface area contributed by atoms with Gasteiger partial charge < -0.3 is 14.8 Å². The van der Waals surface area contributed by atoms with Gasteiger partial charge in [-0.2, -0.15) is 4.52 Å². The fourth-order valence-electron chi connectivity index (χ4n) is 3.27. The van der Waals surface area contributed by atoms with Gasteiger partial charge in [0.2, 0.25) is 5.88 Å². The molecular weight excluding hydrogens is 346 g/mol. The summed E-state index contributed by atoms with van der Waals surface area (Å²) in [6.45, 7) is 5.93. The molecule has 8 nitrogen and oxygen atoms in total. The first kappa shape index (κ1) is 17.3. The molecule has 1 aliphatic heterocycles. The van der Waals surface area contributed by atoms with Gasteiger partial charge in [-0.25, -0.2) is 0 Å². The number of nitrogens with zero attached hydrogens (tertiary/aromatic N) is 4. The molecule has 1 N–H and O–H groups in total. The number of aromatic nitrogens is 4. The molecule has 0 spiro atoms. The molecule has 3 heterocycles. The van der Waals surface area contributed by atoms with Crippen molar-refractivity contribution >= 4 is 11.6 Å². The third-order valence-corrected chi connectivity index (χ3v) is 4.45. The van der Waals surface area contributed by atoms with Gasteiger partial charge in [-0.05, 0) is 32.9 Å². The van der Waals surface area contributed by atoms with Crippen LogP contribution < -0.4 is 14.8 Å². The lowest BCUT2D eigenvalue weighted by Crippen LogP contribution is -2.42.